The van der Waals surface area contributed by atoms with Gasteiger partial charge in [-0.1, -0.05) is 27.7 Å². The summed E-state index contributed by atoms with van der Waals surface area (Å²) < 4.78 is 13.1. The van der Waals surface area contributed by atoms with Crippen LogP contribution >= 0.6 is 0 Å². The summed E-state index contributed by atoms with van der Waals surface area (Å²) >= 11 is 0. The molecule has 1 atom stereocenters. The lowest BCUT2D eigenvalue weighted by molar-refractivity contribution is -0.0107. The van der Waals surface area contributed by atoms with Crippen LogP contribution in [0, 0.1) is 5.92 Å². The fourth-order valence-corrected chi connectivity index (χ4v) is 2.78. The first-order chi connectivity index (χ1) is 12.0. The zero-order chi connectivity index (χ0) is 18.0. The summed E-state index contributed by atoms with van der Waals surface area (Å²) in [5, 5.41) is 12.5. The highest BCUT2D eigenvalue weighted by atomic mass is 16.5. The van der Waals surface area contributed by atoms with Crippen LogP contribution in [0.25, 0.3) is 0 Å². The number of hydrogen-bond acceptors (Lipinski definition) is 6. The Morgan fingerprint density at radius 3 is 2.80 bits per heavy atom. The van der Waals surface area contributed by atoms with Gasteiger partial charge in [-0.15, -0.1) is 10.2 Å². The molecular weight excluding hydrogens is 322 g/mol. The minimum Gasteiger partial charge on any atom is -0.423 e. The van der Waals surface area contributed by atoms with Crippen molar-refractivity contribution in [1.82, 2.24) is 24.9 Å². The zero-order valence-electron chi connectivity index (χ0n) is 15.2. The molecule has 0 aromatic carbocycles. The number of ether oxygens (including phenoxy) is 1. The van der Waals surface area contributed by atoms with Crippen LogP contribution in [0.5, 0.6) is 0 Å². The number of nitrogens with zero attached hydrogens (tertiary/aromatic N) is 5. The van der Waals surface area contributed by atoms with Crippen LogP contribution < -0.4 is 0 Å². The Morgan fingerprint density at radius 1 is 1.32 bits per heavy atom. The summed E-state index contributed by atoms with van der Waals surface area (Å²) in [5.41, 5.74) is 0.566. The molecule has 1 unspecified atom stereocenters. The van der Waals surface area contributed by atoms with Crippen molar-refractivity contribution >= 4 is 5.91 Å². The maximum absolute atomic E-state index is 13.0. The lowest BCUT2D eigenvalue weighted by Crippen LogP contribution is -2.43. The Morgan fingerprint density at radius 2 is 2.12 bits per heavy atom. The highest BCUT2D eigenvalue weighted by molar-refractivity contribution is 5.94. The molecule has 1 aliphatic rings. The highest BCUT2D eigenvalue weighted by Crippen LogP contribution is 2.26. The topological polar surface area (TPSA) is 86.3 Å². The molecule has 0 spiro atoms. The Labute approximate surface area is 147 Å². The predicted octanol–water partition coefficient (Wildman–Crippen LogP) is 2.26. The van der Waals surface area contributed by atoms with Gasteiger partial charge in [0, 0.05) is 25.2 Å². The number of amides is 1. The van der Waals surface area contributed by atoms with Crippen LogP contribution in [0.3, 0.4) is 0 Å². The molecule has 136 valence electrons. The normalized spacial score (nSPS) is 18.3. The Bertz CT molecular complexity index is 721. The Kier molecular flexibility index (Phi) is 5.17. The number of aromatic nitrogens is 4. The summed E-state index contributed by atoms with van der Waals surface area (Å²) in [5.74, 6) is 1.51. The van der Waals surface area contributed by atoms with E-state index in [0.29, 0.717) is 43.0 Å². The monoisotopic (exact) mass is 347 g/mol. The van der Waals surface area contributed by atoms with E-state index in [-0.39, 0.29) is 17.9 Å². The number of carbonyl (C=O) groups is 1. The average molecular weight is 347 g/mol. The molecule has 1 saturated heterocycles. The molecule has 0 N–H and O–H groups in total. The van der Waals surface area contributed by atoms with Crippen LogP contribution in [-0.4, -0.2) is 50.5 Å². The van der Waals surface area contributed by atoms with Gasteiger partial charge >= 0.3 is 0 Å². The van der Waals surface area contributed by atoms with Crippen LogP contribution in [0.15, 0.2) is 16.8 Å². The second-order valence-electron chi connectivity index (χ2n) is 7.07. The molecule has 0 aliphatic carbocycles. The molecular formula is C17H25N5O3. The predicted molar refractivity (Wildman–Crippen MR) is 90.0 cm³/mol. The molecule has 25 heavy (non-hydrogen) atoms. The van der Waals surface area contributed by atoms with Crippen molar-refractivity contribution in [3.05, 3.63) is 29.7 Å². The van der Waals surface area contributed by atoms with E-state index in [4.69, 9.17) is 9.15 Å². The van der Waals surface area contributed by atoms with Crippen LogP contribution in [0.4, 0.5) is 0 Å². The van der Waals surface area contributed by atoms with Crippen molar-refractivity contribution in [1.29, 1.82) is 0 Å². The van der Waals surface area contributed by atoms with E-state index in [1.54, 1.807) is 22.0 Å². The van der Waals surface area contributed by atoms with Gasteiger partial charge in [-0.2, -0.15) is 5.10 Å². The number of morpholine rings is 1. The lowest BCUT2D eigenvalue weighted by atomic mass is 10.2. The van der Waals surface area contributed by atoms with E-state index >= 15 is 0 Å². The second-order valence-corrected chi connectivity index (χ2v) is 7.07. The zero-order valence-corrected chi connectivity index (χ0v) is 15.2. The van der Waals surface area contributed by atoms with Gasteiger partial charge in [-0.05, 0) is 5.92 Å². The summed E-state index contributed by atoms with van der Waals surface area (Å²) in [7, 11) is 0. The first kappa shape index (κ1) is 17.6. The smallest absolute Gasteiger partial charge is 0.257 e. The number of carbonyl (C=O) groups excluding carboxylic acids is 1. The maximum Gasteiger partial charge on any atom is 0.257 e. The van der Waals surface area contributed by atoms with Crippen LogP contribution in [0.1, 0.15) is 61.8 Å². The molecule has 8 nitrogen and oxygen atoms in total. The van der Waals surface area contributed by atoms with Crippen LogP contribution in [0.2, 0.25) is 0 Å². The molecule has 8 heteroatoms. The van der Waals surface area contributed by atoms with Gasteiger partial charge < -0.3 is 14.1 Å². The molecule has 0 saturated carbocycles. The molecule has 1 amide bonds. The fourth-order valence-electron chi connectivity index (χ4n) is 2.78. The van der Waals surface area contributed by atoms with Crippen molar-refractivity contribution in [2.75, 3.05) is 19.8 Å². The fraction of sp³-hybridized carbons (Fsp3) is 0.647. The minimum atomic E-state index is -0.366. The summed E-state index contributed by atoms with van der Waals surface area (Å²) in [4.78, 5) is 14.7. The highest BCUT2D eigenvalue weighted by Gasteiger charge is 2.34. The third-order valence-corrected chi connectivity index (χ3v) is 4.06. The molecule has 1 aliphatic heterocycles. The van der Waals surface area contributed by atoms with Gasteiger partial charge in [0.25, 0.3) is 5.91 Å². The molecule has 3 rings (SSSR count). The van der Waals surface area contributed by atoms with Crippen molar-refractivity contribution in [2.24, 2.45) is 5.92 Å². The third kappa shape index (κ3) is 3.89. The van der Waals surface area contributed by atoms with E-state index < -0.39 is 0 Å². The van der Waals surface area contributed by atoms with Gasteiger partial charge in [-0.25, -0.2) is 0 Å². The molecule has 0 radical (unpaired) electrons. The molecule has 2 aromatic rings. The van der Waals surface area contributed by atoms with Crippen molar-refractivity contribution in [2.45, 2.75) is 46.2 Å². The quantitative estimate of drug-likeness (QED) is 0.824. The van der Waals surface area contributed by atoms with Crippen molar-refractivity contribution in [3.8, 4) is 0 Å². The average Bonchev–Trinajstić information content (AvgIpc) is 3.23. The maximum atomic E-state index is 13.0. The van der Waals surface area contributed by atoms with Gasteiger partial charge in [0.05, 0.1) is 25.0 Å². The lowest BCUT2D eigenvalue weighted by Gasteiger charge is -2.33. The first-order valence-corrected chi connectivity index (χ1v) is 8.70. The molecule has 0 bridgehead atoms. The van der Waals surface area contributed by atoms with Gasteiger partial charge in [0.1, 0.15) is 6.04 Å². The van der Waals surface area contributed by atoms with Crippen LogP contribution in [-0.2, 0) is 11.3 Å². The number of hydrogen-bond donors (Lipinski definition) is 0. The molecule has 3 heterocycles. The Hall–Kier alpha value is -2.22. The van der Waals surface area contributed by atoms with E-state index in [0.717, 1.165) is 6.54 Å². The van der Waals surface area contributed by atoms with Crippen molar-refractivity contribution in [3.63, 3.8) is 0 Å². The Balaban J connectivity index is 1.80. The number of rotatable bonds is 5. The van der Waals surface area contributed by atoms with Gasteiger partial charge in [-0.3, -0.25) is 9.48 Å². The molecule has 1 fully saturated rings. The standard InChI is InChI=1S/C17H25N5O3/c1-11(2)8-21-9-13(7-18-21)17(23)22-5-6-24-10-14(22)16-20-19-15(25-16)12(3)4/h7,9,11-12,14H,5-6,8,10H2,1-4H3. The van der Waals surface area contributed by atoms with E-state index in [9.17, 15) is 4.79 Å². The van der Waals surface area contributed by atoms with Gasteiger partial charge in [0.2, 0.25) is 11.8 Å². The molecule has 2 aromatic heterocycles. The summed E-state index contributed by atoms with van der Waals surface area (Å²) in [6.45, 7) is 10.3. The SMILES string of the molecule is CC(C)Cn1cc(C(=O)N2CCOCC2c2nnc(C(C)C)o2)cn1. The third-order valence-electron chi connectivity index (χ3n) is 4.06. The summed E-state index contributed by atoms with van der Waals surface area (Å²) in [6.07, 6.45) is 3.41. The van der Waals surface area contributed by atoms with E-state index in [1.807, 2.05) is 13.8 Å². The summed E-state index contributed by atoms with van der Waals surface area (Å²) in [6, 6.07) is -0.366. The largest absolute Gasteiger partial charge is 0.423 e. The van der Waals surface area contributed by atoms with Crippen molar-refractivity contribution < 1.29 is 13.9 Å². The van der Waals surface area contributed by atoms with Gasteiger partial charge in [0.15, 0.2) is 0 Å². The first-order valence-electron chi connectivity index (χ1n) is 8.70. The second kappa shape index (κ2) is 7.35. The minimum absolute atomic E-state index is 0.0902. The van der Waals surface area contributed by atoms with E-state index in [1.165, 1.54) is 0 Å². The van der Waals surface area contributed by atoms with E-state index in [2.05, 4.69) is 29.1 Å².